The fourth-order valence-electron chi connectivity index (χ4n) is 0.902. The van der Waals surface area contributed by atoms with Crippen LogP contribution in [0.1, 0.15) is 48.0 Å². The van der Waals surface area contributed by atoms with Crippen LogP contribution in [-0.2, 0) is 19.5 Å². The van der Waals surface area contributed by atoms with Crippen molar-refractivity contribution in [2.75, 3.05) is 0 Å². The summed E-state index contributed by atoms with van der Waals surface area (Å²) in [4.78, 5) is 0. The Labute approximate surface area is 101 Å². The molecule has 0 aromatic carbocycles. The van der Waals surface area contributed by atoms with Crippen LogP contribution < -0.4 is 10.2 Å². The van der Waals surface area contributed by atoms with E-state index in [0.717, 1.165) is 0 Å². The van der Waals surface area contributed by atoms with Crippen LogP contribution in [0.4, 0.5) is 0 Å². The molecule has 14 heavy (non-hydrogen) atoms. The molecule has 0 saturated carbocycles. The Kier molecular flexibility index (Phi) is 6.76. The van der Waals surface area contributed by atoms with Crippen molar-refractivity contribution in [2.45, 2.75) is 60.2 Å². The van der Waals surface area contributed by atoms with Crippen molar-refractivity contribution in [3.05, 3.63) is 0 Å². The van der Waals surface area contributed by atoms with Crippen LogP contribution in [0, 0.1) is 10.8 Å². The van der Waals surface area contributed by atoms with Gasteiger partial charge in [0.2, 0.25) is 0 Å². The van der Waals surface area contributed by atoms with Gasteiger partial charge in [-0.3, -0.25) is 0 Å². The largest absolute Gasteiger partial charge is 2.00 e. The molecule has 0 spiro atoms. The van der Waals surface area contributed by atoms with Crippen LogP contribution >= 0.6 is 0 Å². The maximum Gasteiger partial charge on any atom is 2.00 e. The summed E-state index contributed by atoms with van der Waals surface area (Å²) in [6, 6.07) is 0. The average Bonchev–Trinajstić information content (AvgIpc) is 1.82. The number of rotatable bonds is 2. The van der Waals surface area contributed by atoms with Gasteiger partial charge in [0.1, 0.15) is 0 Å². The molecule has 2 atom stereocenters. The van der Waals surface area contributed by atoms with Crippen molar-refractivity contribution in [3.63, 3.8) is 0 Å². The predicted molar refractivity (Wildman–Crippen MR) is 51.1 cm³/mol. The van der Waals surface area contributed by atoms with E-state index in [1.54, 1.807) is 0 Å². The van der Waals surface area contributed by atoms with Gasteiger partial charge in [-0.05, 0) is 0 Å². The number of hydrogen-bond acceptors (Lipinski definition) is 2. The summed E-state index contributed by atoms with van der Waals surface area (Å²) < 4.78 is 0. The topological polar surface area (TPSA) is 46.1 Å². The Bertz CT molecular complexity index is 138. The van der Waals surface area contributed by atoms with E-state index in [0.29, 0.717) is 0 Å². The Hall–Kier alpha value is 0.543. The Morgan fingerprint density at radius 3 is 1.14 bits per heavy atom. The molecule has 0 rings (SSSR count). The first kappa shape index (κ1) is 17.0. The van der Waals surface area contributed by atoms with E-state index in [2.05, 4.69) is 0 Å². The van der Waals surface area contributed by atoms with Gasteiger partial charge in [0.25, 0.3) is 0 Å². The van der Waals surface area contributed by atoms with Crippen molar-refractivity contribution in [1.29, 1.82) is 0 Å². The molecule has 0 aromatic heterocycles. The van der Waals surface area contributed by atoms with E-state index in [-0.39, 0.29) is 36.7 Å². The summed E-state index contributed by atoms with van der Waals surface area (Å²) in [7, 11) is 0. The predicted octanol–water partition coefficient (Wildman–Crippen LogP) is 0.924. The smallest absolute Gasteiger partial charge is 0.852 e. The molecule has 0 saturated heterocycles. The molecule has 2 nitrogen and oxygen atoms in total. The van der Waals surface area contributed by atoms with Crippen molar-refractivity contribution in [2.24, 2.45) is 10.8 Å². The second-order valence-corrected chi connectivity index (χ2v) is 5.95. The zero-order valence-electron chi connectivity index (χ0n) is 10.4. The van der Waals surface area contributed by atoms with E-state index >= 15 is 0 Å². The van der Waals surface area contributed by atoms with Gasteiger partial charge in [0.15, 0.2) is 0 Å². The minimum absolute atomic E-state index is 0. The van der Waals surface area contributed by atoms with E-state index in [1.165, 1.54) is 0 Å². The Balaban J connectivity index is 0. The molecule has 0 aliphatic rings. The summed E-state index contributed by atoms with van der Waals surface area (Å²) >= 11 is 0. The van der Waals surface area contributed by atoms with Gasteiger partial charge in [-0.1, -0.05) is 58.8 Å². The molecule has 0 aliphatic carbocycles. The minimum atomic E-state index is -0.755. The molecule has 80 valence electrons. The minimum Gasteiger partial charge on any atom is -0.852 e. The van der Waals surface area contributed by atoms with Crippen molar-refractivity contribution < 1.29 is 29.7 Å². The fraction of sp³-hybridized carbons (Fsp3) is 1.00. The third kappa shape index (κ3) is 6.11. The molecule has 0 heterocycles. The normalized spacial score (nSPS) is 17.1. The van der Waals surface area contributed by atoms with Gasteiger partial charge in [0.05, 0.1) is 0 Å². The monoisotopic (exact) mass is 250 g/mol. The number of hydrogen-bond donors (Lipinski definition) is 0. The molecule has 2 unspecified atom stereocenters. The van der Waals surface area contributed by atoms with Crippen LogP contribution in [0.5, 0.6) is 0 Å². The molecule has 0 bridgehead atoms. The molecule has 0 aromatic rings. The van der Waals surface area contributed by atoms with E-state index in [4.69, 9.17) is 0 Å². The molecule has 0 fully saturated rings. The van der Waals surface area contributed by atoms with Crippen LogP contribution in [0.25, 0.3) is 0 Å². The molecule has 0 amide bonds. The SMILES string of the molecule is CC(C)(C)C([O-])CC([O-])C(C)(C)C.[Zn+2]. The third-order valence-corrected chi connectivity index (χ3v) is 2.36. The van der Waals surface area contributed by atoms with Gasteiger partial charge in [0, 0.05) is 0 Å². The van der Waals surface area contributed by atoms with Crippen molar-refractivity contribution >= 4 is 0 Å². The Morgan fingerprint density at radius 2 is 1.00 bits per heavy atom. The van der Waals surface area contributed by atoms with Crippen molar-refractivity contribution in [1.82, 2.24) is 0 Å². The molecular formula is C11H22O2Zn. The molecular weight excluding hydrogens is 230 g/mol. The van der Waals surface area contributed by atoms with Gasteiger partial charge < -0.3 is 10.2 Å². The molecule has 0 aliphatic heterocycles. The van der Waals surface area contributed by atoms with E-state index in [9.17, 15) is 10.2 Å². The summed E-state index contributed by atoms with van der Waals surface area (Å²) in [5.41, 5.74) is -0.595. The summed E-state index contributed by atoms with van der Waals surface area (Å²) in [6.45, 7) is 11.3. The molecule has 3 heteroatoms. The van der Waals surface area contributed by atoms with Gasteiger partial charge in [-0.2, -0.15) is 0 Å². The first-order valence-corrected chi connectivity index (χ1v) is 4.87. The Morgan fingerprint density at radius 1 is 0.786 bits per heavy atom. The summed E-state index contributed by atoms with van der Waals surface area (Å²) in [5.74, 6) is 0. The average molecular weight is 252 g/mol. The van der Waals surface area contributed by atoms with Crippen LogP contribution in [0.2, 0.25) is 0 Å². The molecule has 0 radical (unpaired) electrons. The summed E-state index contributed by atoms with van der Waals surface area (Å²) in [5, 5.41) is 23.2. The van der Waals surface area contributed by atoms with Crippen molar-refractivity contribution in [3.8, 4) is 0 Å². The van der Waals surface area contributed by atoms with Gasteiger partial charge >= 0.3 is 19.5 Å². The fourth-order valence-corrected chi connectivity index (χ4v) is 0.902. The molecule has 0 N–H and O–H groups in total. The van der Waals surface area contributed by atoms with Crippen LogP contribution in [-0.4, -0.2) is 12.2 Å². The maximum absolute atomic E-state index is 11.6. The van der Waals surface area contributed by atoms with E-state index in [1.807, 2.05) is 41.5 Å². The zero-order chi connectivity index (χ0) is 10.9. The van der Waals surface area contributed by atoms with Crippen LogP contribution in [0.3, 0.4) is 0 Å². The first-order valence-electron chi connectivity index (χ1n) is 4.87. The zero-order valence-corrected chi connectivity index (χ0v) is 13.4. The summed E-state index contributed by atoms with van der Waals surface area (Å²) in [6.07, 6.45) is -1.28. The maximum atomic E-state index is 11.6. The standard InChI is InChI=1S/C11H22O2.Zn/c1-10(2,3)8(12)7-9(13)11(4,5)6;/h8-9H,7H2,1-6H3;/q-2;+2. The second-order valence-electron chi connectivity index (χ2n) is 5.95. The first-order chi connectivity index (χ1) is 5.55. The van der Waals surface area contributed by atoms with E-state index < -0.39 is 12.2 Å². The quantitative estimate of drug-likeness (QED) is 0.686. The van der Waals surface area contributed by atoms with Gasteiger partial charge in [-0.15, -0.1) is 12.2 Å². The van der Waals surface area contributed by atoms with Crippen LogP contribution in [0.15, 0.2) is 0 Å². The second kappa shape index (κ2) is 5.58. The third-order valence-electron chi connectivity index (χ3n) is 2.36. The van der Waals surface area contributed by atoms with Gasteiger partial charge in [-0.25, -0.2) is 0 Å².